The molecule has 0 aliphatic heterocycles. The molecule has 2 aromatic heterocycles. The van der Waals surface area contributed by atoms with Crippen LogP contribution in [0.2, 0.25) is 0 Å². The molecule has 2 heterocycles. The Labute approximate surface area is 110 Å². The average Bonchev–Trinajstić information content (AvgIpc) is 2.72. The van der Waals surface area contributed by atoms with Crippen molar-refractivity contribution in [2.45, 2.75) is 31.6 Å². The molecule has 1 aliphatic rings. The molecule has 0 amide bonds. The van der Waals surface area contributed by atoms with Gasteiger partial charge >= 0.3 is 0 Å². The van der Waals surface area contributed by atoms with Crippen LogP contribution in [0.3, 0.4) is 0 Å². The van der Waals surface area contributed by atoms with Crippen LogP contribution in [0.5, 0.6) is 0 Å². The summed E-state index contributed by atoms with van der Waals surface area (Å²) in [5, 5.41) is 10.3. The number of aromatic nitrogens is 2. The number of aryl methyl sites for hydroxylation is 1. The predicted octanol–water partition coefficient (Wildman–Crippen LogP) is 3.46. The van der Waals surface area contributed by atoms with Crippen molar-refractivity contribution in [1.82, 2.24) is 9.97 Å². The Morgan fingerprint density at radius 1 is 1.39 bits per heavy atom. The van der Waals surface area contributed by atoms with Gasteiger partial charge in [0.25, 0.3) is 0 Å². The number of hydrogen-bond donors (Lipinski definition) is 0. The number of thiazole rings is 1. The first-order valence-corrected chi connectivity index (χ1v) is 6.87. The van der Waals surface area contributed by atoms with E-state index in [0.717, 1.165) is 40.5 Å². The van der Waals surface area contributed by atoms with Gasteiger partial charge in [0.15, 0.2) is 0 Å². The molecule has 90 valence electrons. The van der Waals surface area contributed by atoms with Crippen molar-refractivity contribution in [3.05, 3.63) is 34.3 Å². The quantitative estimate of drug-likeness (QED) is 0.825. The minimum Gasteiger partial charge on any atom is -0.255 e. The number of nitrogens with zero attached hydrogens (tertiary/aromatic N) is 3. The summed E-state index contributed by atoms with van der Waals surface area (Å²) in [7, 11) is 0. The molecule has 0 unspecified atom stereocenters. The third-order valence-corrected chi connectivity index (χ3v) is 4.71. The molecular formula is C14H13N3S. The molecule has 2 aromatic rings. The number of nitriles is 1. The zero-order valence-electron chi connectivity index (χ0n) is 10.2. The van der Waals surface area contributed by atoms with Crippen molar-refractivity contribution >= 4 is 11.3 Å². The first kappa shape index (κ1) is 11.4. The number of rotatable bonds is 2. The van der Waals surface area contributed by atoms with Crippen LogP contribution in [0.25, 0.3) is 11.4 Å². The van der Waals surface area contributed by atoms with Gasteiger partial charge in [-0.1, -0.05) is 6.07 Å². The monoisotopic (exact) mass is 255 g/mol. The predicted molar refractivity (Wildman–Crippen MR) is 71.2 cm³/mol. The summed E-state index contributed by atoms with van der Waals surface area (Å²) in [6.07, 6.45) is 4.79. The van der Waals surface area contributed by atoms with E-state index in [1.807, 2.05) is 18.2 Å². The minimum absolute atomic E-state index is 0.317. The van der Waals surface area contributed by atoms with Crippen LogP contribution >= 0.6 is 11.3 Å². The van der Waals surface area contributed by atoms with Gasteiger partial charge in [-0.25, -0.2) is 4.98 Å². The molecule has 0 radical (unpaired) electrons. The van der Waals surface area contributed by atoms with Crippen LogP contribution in [0.15, 0.2) is 24.4 Å². The Kier molecular flexibility index (Phi) is 2.64. The van der Waals surface area contributed by atoms with Gasteiger partial charge in [-0.2, -0.15) is 5.26 Å². The Bertz CT molecular complexity index is 606. The van der Waals surface area contributed by atoms with E-state index < -0.39 is 0 Å². The highest BCUT2D eigenvalue weighted by Crippen LogP contribution is 2.46. The summed E-state index contributed by atoms with van der Waals surface area (Å²) in [5.41, 5.74) is 1.50. The van der Waals surface area contributed by atoms with Gasteiger partial charge in [0.05, 0.1) is 11.8 Å². The molecule has 1 fully saturated rings. The Balaban J connectivity index is 2.05. The van der Waals surface area contributed by atoms with Crippen LogP contribution in [0, 0.1) is 18.3 Å². The largest absolute Gasteiger partial charge is 0.255 e. The summed E-state index contributed by atoms with van der Waals surface area (Å²) < 4.78 is 0. The van der Waals surface area contributed by atoms with Crippen LogP contribution in [0.4, 0.5) is 0 Å². The molecule has 0 spiro atoms. The first-order chi connectivity index (χ1) is 8.75. The highest BCUT2D eigenvalue weighted by Gasteiger charge is 2.42. The molecule has 3 rings (SSSR count). The van der Waals surface area contributed by atoms with E-state index in [9.17, 15) is 5.26 Å². The van der Waals surface area contributed by atoms with E-state index in [1.54, 1.807) is 17.5 Å². The van der Waals surface area contributed by atoms with Gasteiger partial charge in [0.2, 0.25) is 0 Å². The molecule has 0 bridgehead atoms. The van der Waals surface area contributed by atoms with Crippen molar-refractivity contribution < 1.29 is 0 Å². The maximum Gasteiger partial charge on any atom is 0.114 e. The average molecular weight is 255 g/mol. The summed E-state index contributed by atoms with van der Waals surface area (Å²) in [6, 6.07) is 8.27. The summed E-state index contributed by atoms with van der Waals surface area (Å²) in [6.45, 7) is 2.05. The molecule has 0 aromatic carbocycles. The third kappa shape index (κ3) is 1.63. The minimum atomic E-state index is -0.317. The fraction of sp³-hybridized carbons (Fsp3) is 0.357. The van der Waals surface area contributed by atoms with Gasteiger partial charge in [0.1, 0.15) is 16.1 Å². The van der Waals surface area contributed by atoms with E-state index in [4.69, 9.17) is 0 Å². The lowest BCUT2D eigenvalue weighted by Gasteiger charge is -2.32. The van der Waals surface area contributed by atoms with Crippen molar-refractivity contribution in [1.29, 1.82) is 5.26 Å². The van der Waals surface area contributed by atoms with Crippen molar-refractivity contribution in [2.75, 3.05) is 0 Å². The van der Waals surface area contributed by atoms with E-state index in [-0.39, 0.29) is 5.41 Å². The summed E-state index contributed by atoms with van der Waals surface area (Å²) >= 11 is 1.64. The van der Waals surface area contributed by atoms with Crippen molar-refractivity contribution in [2.24, 2.45) is 0 Å². The highest BCUT2D eigenvalue weighted by atomic mass is 32.1. The Hall–Kier alpha value is -1.73. The van der Waals surface area contributed by atoms with Crippen molar-refractivity contribution in [3.63, 3.8) is 0 Å². The fourth-order valence-electron chi connectivity index (χ4n) is 2.25. The lowest BCUT2D eigenvalue weighted by Crippen LogP contribution is -2.32. The molecule has 0 saturated heterocycles. The summed E-state index contributed by atoms with van der Waals surface area (Å²) in [5.74, 6) is 0. The normalized spacial score (nSPS) is 16.9. The zero-order valence-corrected chi connectivity index (χ0v) is 11.0. The van der Waals surface area contributed by atoms with E-state index in [2.05, 4.69) is 23.0 Å². The smallest absolute Gasteiger partial charge is 0.114 e. The van der Waals surface area contributed by atoms with Crippen molar-refractivity contribution in [3.8, 4) is 17.5 Å². The fourth-order valence-corrected chi connectivity index (χ4v) is 3.36. The number of hydrogen-bond acceptors (Lipinski definition) is 4. The maximum absolute atomic E-state index is 9.36. The van der Waals surface area contributed by atoms with Crippen LogP contribution in [-0.4, -0.2) is 9.97 Å². The number of pyridine rings is 1. The maximum atomic E-state index is 9.36. The van der Waals surface area contributed by atoms with E-state index >= 15 is 0 Å². The second-order valence-corrected chi connectivity index (χ2v) is 5.89. The molecular weight excluding hydrogens is 242 g/mol. The zero-order chi connectivity index (χ0) is 12.6. The molecule has 0 N–H and O–H groups in total. The third-order valence-electron chi connectivity index (χ3n) is 3.53. The van der Waals surface area contributed by atoms with Gasteiger partial charge in [-0.3, -0.25) is 4.98 Å². The molecule has 0 atom stereocenters. The molecule has 18 heavy (non-hydrogen) atoms. The van der Waals surface area contributed by atoms with Crippen LogP contribution < -0.4 is 0 Å². The van der Waals surface area contributed by atoms with Gasteiger partial charge in [-0.05, 0) is 38.3 Å². The van der Waals surface area contributed by atoms with E-state index in [0.29, 0.717) is 0 Å². The Morgan fingerprint density at radius 3 is 2.78 bits per heavy atom. The molecule has 1 saturated carbocycles. The standard InChI is InChI=1S/C14H13N3S/c1-10-12(11-5-2-3-8-16-11)17-13(18-10)14(9-15)6-4-7-14/h2-3,5,8H,4,6-7H2,1H3. The molecule has 1 aliphatic carbocycles. The first-order valence-electron chi connectivity index (χ1n) is 6.06. The lowest BCUT2D eigenvalue weighted by molar-refractivity contribution is 0.323. The highest BCUT2D eigenvalue weighted by molar-refractivity contribution is 7.12. The van der Waals surface area contributed by atoms with Gasteiger partial charge < -0.3 is 0 Å². The molecule has 3 nitrogen and oxygen atoms in total. The second kappa shape index (κ2) is 4.18. The Morgan fingerprint density at radius 2 is 2.22 bits per heavy atom. The SMILES string of the molecule is Cc1sc(C2(C#N)CCC2)nc1-c1ccccn1. The topological polar surface area (TPSA) is 49.6 Å². The second-order valence-electron chi connectivity index (χ2n) is 4.69. The van der Waals surface area contributed by atoms with Crippen LogP contribution in [-0.2, 0) is 5.41 Å². The van der Waals surface area contributed by atoms with Crippen LogP contribution in [0.1, 0.15) is 29.1 Å². The van der Waals surface area contributed by atoms with Gasteiger partial charge in [-0.15, -0.1) is 11.3 Å². The van der Waals surface area contributed by atoms with E-state index in [1.165, 1.54) is 0 Å². The summed E-state index contributed by atoms with van der Waals surface area (Å²) in [4.78, 5) is 10.2. The molecule has 4 heteroatoms. The van der Waals surface area contributed by atoms with Gasteiger partial charge in [0, 0.05) is 11.1 Å². The lowest BCUT2D eigenvalue weighted by atomic mass is 9.70.